The van der Waals surface area contributed by atoms with Crippen LogP contribution in [-0.4, -0.2) is 28.6 Å². The van der Waals surface area contributed by atoms with E-state index in [1.807, 2.05) is 26.8 Å². The number of amides is 3. The van der Waals surface area contributed by atoms with Crippen LogP contribution >= 0.6 is 0 Å². The van der Waals surface area contributed by atoms with Gasteiger partial charge in [0.15, 0.2) is 0 Å². The first-order valence-corrected chi connectivity index (χ1v) is 11.1. The van der Waals surface area contributed by atoms with E-state index in [1.54, 1.807) is 41.9 Å². The molecule has 0 radical (unpaired) electrons. The Labute approximate surface area is 194 Å². The van der Waals surface area contributed by atoms with Crippen LogP contribution in [0, 0.1) is 11.3 Å². The van der Waals surface area contributed by atoms with E-state index >= 15 is 0 Å². The highest BCUT2D eigenvalue weighted by Gasteiger charge is 2.25. The molecule has 1 heterocycles. The Bertz CT molecular complexity index is 1010. The number of benzene rings is 1. The van der Waals surface area contributed by atoms with E-state index in [4.69, 9.17) is 10.6 Å². The molecule has 0 saturated heterocycles. The normalized spacial score (nSPS) is 14.5. The van der Waals surface area contributed by atoms with Gasteiger partial charge in [0.05, 0.1) is 11.3 Å². The lowest BCUT2D eigenvalue weighted by atomic mass is 9.94. The monoisotopic (exact) mass is 452 g/mol. The van der Waals surface area contributed by atoms with Gasteiger partial charge in [0.2, 0.25) is 11.8 Å². The number of hydrogen-bond acceptors (Lipinski definition) is 5. The first-order valence-electron chi connectivity index (χ1n) is 11.1. The van der Waals surface area contributed by atoms with Gasteiger partial charge in [-0.05, 0) is 55.0 Å². The van der Waals surface area contributed by atoms with Crippen LogP contribution in [0.2, 0.25) is 0 Å². The fourth-order valence-electron chi connectivity index (χ4n) is 3.47. The molecule has 33 heavy (non-hydrogen) atoms. The van der Waals surface area contributed by atoms with Gasteiger partial charge in [-0.25, -0.2) is 5.48 Å². The predicted molar refractivity (Wildman–Crippen MR) is 130 cm³/mol. The standard InChI is InChI=1S/C25H32N4O4/c1-4-9-18(16(2)3)21(26)15-20-19-14-17(12-13-22(19)28-25(20)32)27-23(30)10-7-5-6-8-11-24(31)29-33/h6,8-9,12-16,26,33H,4-5,7,10-11H2,1-3H3,(H,27,30)(H,28,32)(H,29,31)/b8-6+,18-9-,20-15-,26-21?. The van der Waals surface area contributed by atoms with Gasteiger partial charge in [-0.15, -0.1) is 0 Å². The van der Waals surface area contributed by atoms with Crippen LogP contribution < -0.4 is 16.1 Å². The van der Waals surface area contributed by atoms with Crippen LogP contribution in [0.15, 0.2) is 48.1 Å². The summed E-state index contributed by atoms with van der Waals surface area (Å²) < 4.78 is 0. The largest absolute Gasteiger partial charge is 0.326 e. The summed E-state index contributed by atoms with van der Waals surface area (Å²) in [6.07, 6.45) is 9.47. The summed E-state index contributed by atoms with van der Waals surface area (Å²) in [5, 5.41) is 22.6. The molecular formula is C25H32N4O4. The lowest BCUT2D eigenvalue weighted by Crippen LogP contribution is -2.16. The molecule has 0 fully saturated rings. The maximum absolute atomic E-state index is 12.5. The number of hydrogen-bond donors (Lipinski definition) is 5. The second-order valence-corrected chi connectivity index (χ2v) is 8.06. The number of rotatable bonds is 11. The topological polar surface area (TPSA) is 131 Å². The van der Waals surface area contributed by atoms with Crippen LogP contribution in [0.5, 0.6) is 0 Å². The SMILES string of the molecule is CC/C=C(\C(=N)/C=C1\C(=O)Nc2ccc(NC(=O)CCC/C=C/CC(=O)NO)cc21)C(C)C. The first kappa shape index (κ1) is 25.7. The van der Waals surface area contributed by atoms with E-state index in [9.17, 15) is 14.4 Å². The number of hydroxylamine groups is 1. The number of anilines is 2. The molecule has 0 aromatic heterocycles. The molecule has 0 spiro atoms. The molecule has 176 valence electrons. The molecule has 1 aromatic rings. The van der Waals surface area contributed by atoms with Crippen molar-refractivity contribution >= 4 is 40.4 Å². The van der Waals surface area contributed by atoms with Gasteiger partial charge in [-0.3, -0.25) is 19.6 Å². The molecule has 0 saturated carbocycles. The number of fused-ring (bicyclic) bond motifs is 1. The fraction of sp³-hybridized carbons (Fsp3) is 0.360. The van der Waals surface area contributed by atoms with Crippen LogP contribution in [-0.2, 0) is 14.4 Å². The highest BCUT2D eigenvalue weighted by molar-refractivity contribution is 6.35. The average molecular weight is 453 g/mol. The smallest absolute Gasteiger partial charge is 0.256 e. The summed E-state index contributed by atoms with van der Waals surface area (Å²) in [4.78, 5) is 35.7. The van der Waals surface area contributed by atoms with Crippen molar-refractivity contribution in [3.8, 4) is 0 Å². The summed E-state index contributed by atoms with van der Waals surface area (Å²) in [7, 11) is 0. The summed E-state index contributed by atoms with van der Waals surface area (Å²) in [6.45, 7) is 6.06. The van der Waals surface area contributed by atoms with Crippen molar-refractivity contribution in [3.63, 3.8) is 0 Å². The van der Waals surface area contributed by atoms with Crippen LogP contribution in [0.4, 0.5) is 11.4 Å². The Morgan fingerprint density at radius 3 is 2.64 bits per heavy atom. The molecule has 0 bridgehead atoms. The van der Waals surface area contributed by atoms with E-state index in [0.717, 1.165) is 12.0 Å². The Hall–Kier alpha value is -3.52. The fourth-order valence-corrected chi connectivity index (χ4v) is 3.47. The van der Waals surface area contributed by atoms with Gasteiger partial charge in [-0.1, -0.05) is 39.0 Å². The van der Waals surface area contributed by atoms with E-state index in [2.05, 4.69) is 10.6 Å². The molecule has 0 unspecified atom stereocenters. The Morgan fingerprint density at radius 1 is 1.21 bits per heavy atom. The predicted octanol–water partition coefficient (Wildman–Crippen LogP) is 4.59. The van der Waals surface area contributed by atoms with Gasteiger partial charge < -0.3 is 16.0 Å². The van der Waals surface area contributed by atoms with Crippen molar-refractivity contribution < 1.29 is 19.6 Å². The highest BCUT2D eigenvalue weighted by Crippen LogP contribution is 2.34. The summed E-state index contributed by atoms with van der Waals surface area (Å²) in [5.41, 5.74) is 5.05. The van der Waals surface area contributed by atoms with Crippen molar-refractivity contribution in [1.82, 2.24) is 5.48 Å². The molecule has 1 aliphatic heterocycles. The molecule has 8 heteroatoms. The number of carbonyl (C=O) groups excluding carboxylic acids is 3. The summed E-state index contributed by atoms with van der Waals surface area (Å²) >= 11 is 0. The lowest BCUT2D eigenvalue weighted by Gasteiger charge is -2.11. The minimum absolute atomic E-state index is 0.0881. The van der Waals surface area contributed by atoms with Crippen molar-refractivity contribution in [2.75, 3.05) is 10.6 Å². The van der Waals surface area contributed by atoms with Gasteiger partial charge in [-0.2, -0.15) is 0 Å². The van der Waals surface area contributed by atoms with Crippen LogP contribution in [0.25, 0.3) is 5.57 Å². The molecule has 2 rings (SSSR count). The summed E-state index contributed by atoms with van der Waals surface area (Å²) in [6, 6.07) is 5.22. The maximum Gasteiger partial charge on any atom is 0.256 e. The van der Waals surface area contributed by atoms with Crippen molar-refractivity contribution in [1.29, 1.82) is 5.41 Å². The molecule has 3 amide bonds. The zero-order chi connectivity index (χ0) is 24.4. The number of unbranched alkanes of at least 4 members (excludes halogenated alkanes) is 1. The van der Waals surface area contributed by atoms with Gasteiger partial charge in [0.25, 0.3) is 5.91 Å². The molecule has 0 atom stereocenters. The maximum atomic E-state index is 12.5. The molecule has 8 nitrogen and oxygen atoms in total. The van der Waals surface area contributed by atoms with E-state index in [-0.39, 0.29) is 24.2 Å². The van der Waals surface area contributed by atoms with E-state index < -0.39 is 5.91 Å². The van der Waals surface area contributed by atoms with Crippen LogP contribution in [0.1, 0.15) is 58.4 Å². The third-order valence-electron chi connectivity index (χ3n) is 5.10. The number of carbonyl (C=O) groups is 3. The van der Waals surface area contributed by atoms with Crippen molar-refractivity contribution in [2.45, 2.75) is 52.9 Å². The third kappa shape index (κ3) is 7.54. The van der Waals surface area contributed by atoms with E-state index in [0.29, 0.717) is 47.5 Å². The molecular weight excluding hydrogens is 420 g/mol. The highest BCUT2D eigenvalue weighted by atomic mass is 16.5. The molecule has 5 N–H and O–H groups in total. The molecule has 1 aliphatic rings. The quantitative estimate of drug-likeness (QED) is 0.0839. The summed E-state index contributed by atoms with van der Waals surface area (Å²) in [5.74, 6) is -0.732. The lowest BCUT2D eigenvalue weighted by molar-refractivity contribution is -0.128. The second kappa shape index (κ2) is 12.5. The minimum Gasteiger partial charge on any atom is -0.326 e. The van der Waals surface area contributed by atoms with Gasteiger partial charge >= 0.3 is 0 Å². The van der Waals surface area contributed by atoms with Gasteiger partial charge in [0, 0.05) is 29.8 Å². The molecule has 0 aliphatic carbocycles. The average Bonchev–Trinajstić information content (AvgIpc) is 3.08. The second-order valence-electron chi connectivity index (χ2n) is 8.06. The third-order valence-corrected chi connectivity index (χ3v) is 5.10. The molecule has 1 aromatic carbocycles. The number of nitrogens with one attached hydrogen (secondary N) is 4. The zero-order valence-corrected chi connectivity index (χ0v) is 19.3. The number of allylic oxidation sites excluding steroid dienone is 4. The van der Waals surface area contributed by atoms with Crippen LogP contribution in [0.3, 0.4) is 0 Å². The van der Waals surface area contributed by atoms with E-state index in [1.165, 1.54) is 0 Å². The Kier molecular flexibility index (Phi) is 9.75. The zero-order valence-electron chi connectivity index (χ0n) is 19.3. The van der Waals surface area contributed by atoms with Crippen molar-refractivity contribution in [3.05, 3.63) is 53.6 Å². The van der Waals surface area contributed by atoms with Crippen molar-refractivity contribution in [2.24, 2.45) is 5.92 Å². The first-order chi connectivity index (χ1) is 15.8. The van der Waals surface area contributed by atoms with Gasteiger partial charge in [0.1, 0.15) is 0 Å². The Morgan fingerprint density at radius 2 is 1.97 bits per heavy atom. The minimum atomic E-state index is -0.487. The Balaban J connectivity index is 2.04.